The third-order valence-corrected chi connectivity index (χ3v) is 4.16. The molecule has 0 aliphatic carbocycles. The van der Waals surface area contributed by atoms with Crippen molar-refractivity contribution in [2.45, 2.75) is 6.92 Å². The molecule has 0 aromatic heterocycles. The molecule has 18 heavy (non-hydrogen) atoms. The SMILES string of the molecule is Cc1c(NS(=O)(=O)N(C)C)cc(Br)cc1[N+](=O)[O-]. The van der Waals surface area contributed by atoms with Crippen LogP contribution in [0, 0.1) is 17.0 Å². The maximum atomic E-state index is 11.7. The third-order valence-electron chi connectivity index (χ3n) is 2.26. The number of halogens is 1. The first-order valence-electron chi connectivity index (χ1n) is 4.80. The number of benzene rings is 1. The number of anilines is 1. The van der Waals surface area contributed by atoms with Gasteiger partial charge in [-0.2, -0.15) is 12.7 Å². The fraction of sp³-hybridized carbons (Fsp3) is 0.333. The maximum Gasteiger partial charge on any atom is 0.301 e. The summed E-state index contributed by atoms with van der Waals surface area (Å²) >= 11 is 3.11. The fourth-order valence-electron chi connectivity index (χ4n) is 1.19. The van der Waals surface area contributed by atoms with Crippen molar-refractivity contribution >= 4 is 37.5 Å². The standard InChI is InChI=1S/C9H12BrN3O4S/c1-6-8(11-18(16,17)12(2)3)4-7(10)5-9(6)13(14)15/h4-5,11H,1-3H3. The molecule has 1 aromatic rings. The number of nitrogens with zero attached hydrogens (tertiary/aromatic N) is 2. The van der Waals surface area contributed by atoms with Crippen LogP contribution in [0.15, 0.2) is 16.6 Å². The van der Waals surface area contributed by atoms with E-state index >= 15 is 0 Å². The predicted molar refractivity (Wildman–Crippen MR) is 71.8 cm³/mol. The minimum Gasteiger partial charge on any atom is -0.270 e. The van der Waals surface area contributed by atoms with Gasteiger partial charge in [0.2, 0.25) is 0 Å². The zero-order valence-electron chi connectivity index (χ0n) is 9.97. The van der Waals surface area contributed by atoms with Crippen LogP contribution in [0.2, 0.25) is 0 Å². The normalized spacial score (nSPS) is 11.6. The zero-order chi connectivity index (χ0) is 14.1. The van der Waals surface area contributed by atoms with Crippen molar-refractivity contribution in [2.24, 2.45) is 0 Å². The molecule has 0 atom stereocenters. The molecule has 0 aliphatic heterocycles. The van der Waals surface area contributed by atoms with Crippen LogP contribution >= 0.6 is 15.9 Å². The Balaban J connectivity index is 3.31. The summed E-state index contributed by atoms with van der Waals surface area (Å²) in [5.74, 6) is 0. The van der Waals surface area contributed by atoms with E-state index in [9.17, 15) is 18.5 Å². The molecular weight excluding hydrogens is 326 g/mol. The van der Waals surface area contributed by atoms with E-state index in [-0.39, 0.29) is 16.9 Å². The predicted octanol–water partition coefficient (Wildman–Crippen LogP) is 1.88. The molecule has 0 saturated carbocycles. The van der Waals surface area contributed by atoms with Crippen molar-refractivity contribution in [1.29, 1.82) is 0 Å². The van der Waals surface area contributed by atoms with E-state index in [1.165, 1.54) is 33.2 Å². The first-order chi connectivity index (χ1) is 8.15. The van der Waals surface area contributed by atoms with Crippen LogP contribution in [0.5, 0.6) is 0 Å². The van der Waals surface area contributed by atoms with E-state index in [2.05, 4.69) is 20.7 Å². The number of nitro groups is 1. The molecule has 0 bridgehead atoms. The summed E-state index contributed by atoms with van der Waals surface area (Å²) < 4.78 is 27.0. The van der Waals surface area contributed by atoms with E-state index < -0.39 is 15.1 Å². The van der Waals surface area contributed by atoms with E-state index in [1.54, 1.807) is 0 Å². The van der Waals surface area contributed by atoms with Gasteiger partial charge in [0, 0.05) is 24.6 Å². The molecule has 1 N–H and O–H groups in total. The van der Waals surface area contributed by atoms with Gasteiger partial charge in [0.15, 0.2) is 0 Å². The summed E-state index contributed by atoms with van der Waals surface area (Å²) in [6.07, 6.45) is 0. The second-order valence-electron chi connectivity index (χ2n) is 3.74. The number of hydrogen-bond donors (Lipinski definition) is 1. The highest BCUT2D eigenvalue weighted by Gasteiger charge is 2.20. The van der Waals surface area contributed by atoms with Crippen molar-refractivity contribution in [2.75, 3.05) is 18.8 Å². The van der Waals surface area contributed by atoms with Crippen LogP contribution in [-0.2, 0) is 10.2 Å². The van der Waals surface area contributed by atoms with Crippen LogP contribution in [0.25, 0.3) is 0 Å². The Morgan fingerprint density at radius 1 is 1.39 bits per heavy atom. The van der Waals surface area contributed by atoms with Crippen molar-refractivity contribution in [3.63, 3.8) is 0 Å². The van der Waals surface area contributed by atoms with Gasteiger partial charge in [0.1, 0.15) is 0 Å². The van der Waals surface area contributed by atoms with Crippen LogP contribution in [0.3, 0.4) is 0 Å². The Morgan fingerprint density at radius 2 is 1.94 bits per heavy atom. The quantitative estimate of drug-likeness (QED) is 0.670. The fourth-order valence-corrected chi connectivity index (χ4v) is 2.31. The van der Waals surface area contributed by atoms with Crippen LogP contribution in [0.4, 0.5) is 11.4 Å². The summed E-state index contributed by atoms with van der Waals surface area (Å²) in [6.45, 7) is 1.48. The van der Waals surface area contributed by atoms with Gasteiger partial charge in [-0.05, 0) is 13.0 Å². The van der Waals surface area contributed by atoms with Gasteiger partial charge in [-0.15, -0.1) is 0 Å². The smallest absolute Gasteiger partial charge is 0.270 e. The molecule has 0 heterocycles. The molecule has 7 nitrogen and oxygen atoms in total. The number of nitrogens with one attached hydrogen (secondary N) is 1. The van der Waals surface area contributed by atoms with E-state index in [1.807, 2.05) is 0 Å². The van der Waals surface area contributed by atoms with Crippen molar-refractivity contribution < 1.29 is 13.3 Å². The van der Waals surface area contributed by atoms with E-state index in [0.29, 0.717) is 4.47 Å². The summed E-state index contributed by atoms with van der Waals surface area (Å²) in [5, 5.41) is 10.8. The van der Waals surface area contributed by atoms with Gasteiger partial charge >= 0.3 is 10.2 Å². The number of rotatable bonds is 4. The second kappa shape index (κ2) is 5.21. The lowest BCUT2D eigenvalue weighted by atomic mass is 10.2. The lowest BCUT2D eigenvalue weighted by molar-refractivity contribution is -0.385. The van der Waals surface area contributed by atoms with Gasteiger partial charge in [0.05, 0.1) is 16.2 Å². The van der Waals surface area contributed by atoms with Crippen molar-refractivity contribution in [1.82, 2.24) is 4.31 Å². The Labute approximate surface area is 113 Å². The first-order valence-corrected chi connectivity index (χ1v) is 7.03. The Bertz CT molecular complexity index is 586. The molecule has 0 radical (unpaired) electrons. The monoisotopic (exact) mass is 337 g/mol. The molecule has 9 heteroatoms. The van der Waals surface area contributed by atoms with Gasteiger partial charge in [-0.1, -0.05) is 15.9 Å². The molecular formula is C9H12BrN3O4S. The maximum absolute atomic E-state index is 11.7. The van der Waals surface area contributed by atoms with Gasteiger partial charge in [0.25, 0.3) is 5.69 Å². The highest BCUT2D eigenvalue weighted by molar-refractivity contribution is 9.10. The minimum atomic E-state index is -3.69. The zero-order valence-corrected chi connectivity index (χ0v) is 12.4. The van der Waals surface area contributed by atoms with Gasteiger partial charge in [-0.25, -0.2) is 0 Å². The second-order valence-corrected chi connectivity index (χ2v) is 6.54. The van der Waals surface area contributed by atoms with Crippen LogP contribution in [0.1, 0.15) is 5.56 Å². The average molecular weight is 338 g/mol. The lowest BCUT2D eigenvalue weighted by Crippen LogP contribution is -2.29. The molecule has 0 spiro atoms. The summed E-state index contributed by atoms with van der Waals surface area (Å²) in [5.41, 5.74) is 0.277. The topological polar surface area (TPSA) is 92.6 Å². The Morgan fingerprint density at radius 3 is 2.39 bits per heavy atom. The molecule has 1 aromatic carbocycles. The minimum absolute atomic E-state index is 0.152. The lowest BCUT2D eigenvalue weighted by Gasteiger charge is -2.15. The van der Waals surface area contributed by atoms with Crippen molar-refractivity contribution in [3.05, 3.63) is 32.3 Å². The van der Waals surface area contributed by atoms with Gasteiger partial charge in [-0.3, -0.25) is 14.8 Å². The summed E-state index contributed by atoms with van der Waals surface area (Å²) in [4.78, 5) is 10.3. The van der Waals surface area contributed by atoms with Gasteiger partial charge < -0.3 is 0 Å². The first kappa shape index (κ1) is 14.9. The Kier molecular flexibility index (Phi) is 4.30. The number of nitro benzene ring substituents is 1. The summed E-state index contributed by atoms with van der Waals surface area (Å²) in [7, 11) is -0.963. The highest BCUT2D eigenvalue weighted by atomic mass is 79.9. The van der Waals surface area contributed by atoms with Crippen LogP contribution < -0.4 is 4.72 Å². The van der Waals surface area contributed by atoms with E-state index in [4.69, 9.17) is 0 Å². The van der Waals surface area contributed by atoms with E-state index in [0.717, 1.165) is 4.31 Å². The van der Waals surface area contributed by atoms with Crippen molar-refractivity contribution in [3.8, 4) is 0 Å². The molecule has 0 amide bonds. The average Bonchev–Trinajstić information content (AvgIpc) is 2.21. The summed E-state index contributed by atoms with van der Waals surface area (Å²) in [6, 6.07) is 2.80. The third kappa shape index (κ3) is 3.18. The Hall–Kier alpha value is -1.19. The molecule has 0 aliphatic rings. The molecule has 0 unspecified atom stereocenters. The molecule has 0 saturated heterocycles. The largest absolute Gasteiger partial charge is 0.301 e. The molecule has 1 rings (SSSR count). The molecule has 0 fully saturated rings. The highest BCUT2D eigenvalue weighted by Crippen LogP contribution is 2.30. The number of hydrogen-bond acceptors (Lipinski definition) is 4. The molecule has 100 valence electrons. The van der Waals surface area contributed by atoms with Crippen LogP contribution in [-0.4, -0.2) is 31.7 Å².